The minimum atomic E-state index is -0.708. The average Bonchev–Trinajstić information content (AvgIpc) is 2.77. The lowest BCUT2D eigenvalue weighted by molar-refractivity contribution is -0.210. The predicted molar refractivity (Wildman–Crippen MR) is 94.3 cm³/mol. The monoisotopic (exact) mass is 324 g/mol. The average molecular weight is 324 g/mol. The molecule has 0 saturated carbocycles. The lowest BCUT2D eigenvalue weighted by Crippen LogP contribution is -2.52. The summed E-state index contributed by atoms with van der Waals surface area (Å²) < 4.78 is 0. The molecule has 1 heterocycles. The van der Waals surface area contributed by atoms with Gasteiger partial charge in [-0.25, -0.2) is 0 Å². The van der Waals surface area contributed by atoms with E-state index in [1.165, 1.54) is 5.06 Å². The van der Waals surface area contributed by atoms with Gasteiger partial charge in [0.2, 0.25) is 5.91 Å². The van der Waals surface area contributed by atoms with Gasteiger partial charge in [-0.2, -0.15) is 0 Å². The minimum absolute atomic E-state index is 0.0823. The van der Waals surface area contributed by atoms with E-state index in [1.807, 2.05) is 63.2 Å². The molecule has 1 aliphatic rings. The Morgan fingerprint density at radius 1 is 1.00 bits per heavy atom. The molecule has 4 nitrogen and oxygen atoms in total. The van der Waals surface area contributed by atoms with Crippen LogP contribution >= 0.6 is 0 Å². The number of carbonyl (C=O) groups excluding carboxylic acids is 1. The van der Waals surface area contributed by atoms with Crippen LogP contribution in [0.4, 0.5) is 0 Å². The van der Waals surface area contributed by atoms with Crippen molar-refractivity contribution in [1.29, 1.82) is 0 Å². The van der Waals surface area contributed by atoms with E-state index in [0.717, 1.165) is 16.7 Å². The van der Waals surface area contributed by atoms with Gasteiger partial charge < -0.3 is 10.1 Å². The van der Waals surface area contributed by atoms with Crippen molar-refractivity contribution in [2.24, 2.45) is 5.92 Å². The van der Waals surface area contributed by atoms with Crippen LogP contribution in [0.2, 0.25) is 0 Å². The van der Waals surface area contributed by atoms with Crippen molar-refractivity contribution in [3.8, 4) is 11.1 Å². The molecule has 24 heavy (non-hydrogen) atoms. The van der Waals surface area contributed by atoms with E-state index in [0.29, 0.717) is 0 Å². The third kappa shape index (κ3) is 2.43. The Hall–Kier alpha value is -2.17. The van der Waals surface area contributed by atoms with Gasteiger partial charge in [-0.15, -0.1) is 5.06 Å². The van der Waals surface area contributed by atoms with Gasteiger partial charge >= 0.3 is 0 Å². The van der Waals surface area contributed by atoms with E-state index in [9.17, 15) is 10.0 Å². The highest BCUT2D eigenvalue weighted by Gasteiger charge is 2.54. The smallest absolute Gasteiger partial charge is 0.248 e. The predicted octanol–water partition coefficient (Wildman–Crippen LogP) is 3.93. The zero-order valence-electron chi connectivity index (χ0n) is 14.6. The molecule has 0 aliphatic carbocycles. The van der Waals surface area contributed by atoms with Crippen LogP contribution in [0.15, 0.2) is 54.6 Å². The van der Waals surface area contributed by atoms with Crippen molar-refractivity contribution < 1.29 is 10.0 Å². The van der Waals surface area contributed by atoms with Crippen molar-refractivity contribution in [2.75, 3.05) is 7.05 Å². The normalized spacial score (nSPS) is 24.8. The molecule has 2 atom stereocenters. The number of hydrogen-bond donors (Lipinski definition) is 1. The van der Waals surface area contributed by atoms with Gasteiger partial charge in [-0.05, 0) is 29.5 Å². The molecule has 0 bridgehead atoms. The number of carbonyl (C=O) groups is 1. The Labute approximate surface area is 143 Å². The molecule has 1 amide bonds. The van der Waals surface area contributed by atoms with Gasteiger partial charge in [0.05, 0.1) is 0 Å². The number of nitrogens with zero attached hydrogens (tertiary/aromatic N) is 2. The summed E-state index contributed by atoms with van der Waals surface area (Å²) in [6.07, 6.45) is 0. The highest BCUT2D eigenvalue weighted by Crippen LogP contribution is 2.42. The molecular formula is C20H24N2O2. The fourth-order valence-corrected chi connectivity index (χ4v) is 3.35. The first kappa shape index (κ1) is 16.7. The Balaban J connectivity index is 1.93. The molecule has 126 valence electrons. The van der Waals surface area contributed by atoms with Crippen molar-refractivity contribution in [2.45, 2.75) is 32.5 Å². The number of hydroxylamine groups is 2. The highest BCUT2D eigenvalue weighted by atomic mass is 16.5. The van der Waals surface area contributed by atoms with E-state index in [-0.39, 0.29) is 11.8 Å². The van der Waals surface area contributed by atoms with E-state index >= 15 is 0 Å². The second kappa shape index (κ2) is 6.04. The number of rotatable bonds is 3. The number of hydrogen-bond acceptors (Lipinski definition) is 3. The zero-order chi connectivity index (χ0) is 17.5. The molecule has 0 radical (unpaired) electrons. The lowest BCUT2D eigenvalue weighted by atomic mass is 9.97. The van der Waals surface area contributed by atoms with E-state index in [2.05, 4.69) is 12.1 Å². The fraction of sp³-hybridized carbons (Fsp3) is 0.350. The van der Waals surface area contributed by atoms with Crippen molar-refractivity contribution in [3.63, 3.8) is 0 Å². The lowest BCUT2D eigenvalue weighted by Gasteiger charge is -2.39. The van der Waals surface area contributed by atoms with Crippen molar-refractivity contribution >= 4 is 5.91 Å². The zero-order valence-corrected chi connectivity index (χ0v) is 14.6. The van der Waals surface area contributed by atoms with Gasteiger partial charge in [-0.1, -0.05) is 68.4 Å². The minimum Gasteiger partial charge on any atom is -0.323 e. The summed E-state index contributed by atoms with van der Waals surface area (Å²) in [5.74, 6) is 0.0196. The van der Waals surface area contributed by atoms with Crippen LogP contribution in [-0.4, -0.2) is 33.8 Å². The summed E-state index contributed by atoms with van der Waals surface area (Å²) in [5.41, 5.74) is 2.32. The summed E-state index contributed by atoms with van der Waals surface area (Å²) in [6.45, 7) is 5.91. The SMILES string of the molecule is CC(C)[C@]1(C)N(C)C(=O)[C@@H](c2ccc(-c3ccccc3)cc2)N1O. The third-order valence-electron chi connectivity index (χ3n) is 5.38. The number of likely N-dealkylation sites (N-methyl/N-ethyl adjacent to an activating group) is 1. The molecule has 1 N–H and O–H groups in total. The molecular weight excluding hydrogens is 300 g/mol. The first-order valence-corrected chi connectivity index (χ1v) is 8.28. The largest absolute Gasteiger partial charge is 0.323 e. The van der Waals surface area contributed by atoms with E-state index < -0.39 is 11.7 Å². The third-order valence-corrected chi connectivity index (χ3v) is 5.38. The summed E-state index contributed by atoms with van der Waals surface area (Å²) in [6, 6.07) is 17.3. The van der Waals surface area contributed by atoms with Gasteiger partial charge in [-0.3, -0.25) is 4.79 Å². The molecule has 1 aliphatic heterocycles. The molecule has 0 unspecified atom stereocenters. The summed E-state index contributed by atoms with van der Waals surface area (Å²) >= 11 is 0. The van der Waals surface area contributed by atoms with Crippen LogP contribution in [0.1, 0.15) is 32.4 Å². The molecule has 2 aromatic carbocycles. The van der Waals surface area contributed by atoms with Crippen LogP contribution in [-0.2, 0) is 4.79 Å². The first-order chi connectivity index (χ1) is 11.4. The van der Waals surface area contributed by atoms with Gasteiger partial charge in [0.15, 0.2) is 0 Å². The maximum atomic E-state index is 12.7. The van der Waals surface area contributed by atoms with Gasteiger partial charge in [0.1, 0.15) is 11.7 Å². The molecule has 1 fully saturated rings. The van der Waals surface area contributed by atoms with Crippen LogP contribution in [0.3, 0.4) is 0 Å². The highest BCUT2D eigenvalue weighted by molar-refractivity contribution is 5.86. The Morgan fingerprint density at radius 2 is 1.54 bits per heavy atom. The number of amides is 1. The molecule has 1 saturated heterocycles. The molecule has 4 heteroatoms. The van der Waals surface area contributed by atoms with E-state index in [1.54, 1.807) is 11.9 Å². The topological polar surface area (TPSA) is 43.8 Å². The standard InChI is InChI=1S/C20H24N2O2/c1-14(2)20(3)21(4)19(23)18(22(20)24)17-12-10-16(11-13-17)15-8-6-5-7-9-15/h5-14,18,24H,1-4H3/t18-,20-/m1/s1. The first-order valence-electron chi connectivity index (χ1n) is 8.28. The van der Waals surface area contributed by atoms with E-state index in [4.69, 9.17) is 0 Å². The summed E-state index contributed by atoms with van der Waals surface area (Å²) in [5, 5.41) is 11.9. The Morgan fingerprint density at radius 3 is 2.04 bits per heavy atom. The molecule has 2 aromatic rings. The fourth-order valence-electron chi connectivity index (χ4n) is 3.35. The summed E-state index contributed by atoms with van der Waals surface area (Å²) in [7, 11) is 1.75. The van der Waals surface area contributed by atoms with Crippen LogP contribution < -0.4 is 0 Å². The maximum Gasteiger partial charge on any atom is 0.248 e. The van der Waals surface area contributed by atoms with Crippen LogP contribution in [0, 0.1) is 5.92 Å². The molecule has 0 aromatic heterocycles. The Bertz CT molecular complexity index is 727. The maximum absolute atomic E-state index is 12.7. The second-order valence-corrected chi connectivity index (χ2v) is 6.88. The number of benzene rings is 2. The van der Waals surface area contributed by atoms with Gasteiger partial charge in [0, 0.05) is 7.05 Å². The Kier molecular flexibility index (Phi) is 4.20. The van der Waals surface area contributed by atoms with Crippen molar-refractivity contribution in [3.05, 3.63) is 60.2 Å². The van der Waals surface area contributed by atoms with Crippen LogP contribution in [0.25, 0.3) is 11.1 Å². The second-order valence-electron chi connectivity index (χ2n) is 6.88. The molecule has 0 spiro atoms. The van der Waals surface area contributed by atoms with Crippen molar-refractivity contribution in [1.82, 2.24) is 9.96 Å². The molecule has 3 rings (SSSR count). The van der Waals surface area contributed by atoms with Crippen LogP contribution in [0.5, 0.6) is 0 Å². The van der Waals surface area contributed by atoms with Gasteiger partial charge in [0.25, 0.3) is 0 Å². The summed E-state index contributed by atoms with van der Waals surface area (Å²) in [4.78, 5) is 14.4. The quantitative estimate of drug-likeness (QED) is 0.930.